The van der Waals surface area contributed by atoms with Gasteiger partial charge < -0.3 is 21.1 Å². The van der Waals surface area contributed by atoms with Gasteiger partial charge in [-0.1, -0.05) is 0 Å². The van der Waals surface area contributed by atoms with Crippen LogP contribution in [0.4, 0.5) is 4.79 Å². The third kappa shape index (κ3) is 4.28. The van der Waals surface area contributed by atoms with Crippen LogP contribution in [0.3, 0.4) is 0 Å². The van der Waals surface area contributed by atoms with Gasteiger partial charge in [0.25, 0.3) is 0 Å². The predicted octanol–water partition coefficient (Wildman–Crippen LogP) is -0.709. The molecule has 1 aliphatic heterocycles. The van der Waals surface area contributed by atoms with Crippen molar-refractivity contribution in [2.24, 2.45) is 5.73 Å². The van der Waals surface area contributed by atoms with E-state index in [0.29, 0.717) is 19.6 Å². The summed E-state index contributed by atoms with van der Waals surface area (Å²) in [6, 6.07) is -1.16. The van der Waals surface area contributed by atoms with Gasteiger partial charge in [0.1, 0.15) is 6.04 Å². The van der Waals surface area contributed by atoms with Crippen molar-refractivity contribution in [1.82, 2.24) is 10.6 Å². The fourth-order valence-corrected chi connectivity index (χ4v) is 1.77. The van der Waals surface area contributed by atoms with Crippen molar-refractivity contribution in [1.29, 1.82) is 0 Å². The zero-order chi connectivity index (χ0) is 12.0. The molecule has 3 amide bonds. The molecule has 0 aromatic rings. The highest BCUT2D eigenvalue weighted by atomic mass is 32.2. The van der Waals surface area contributed by atoms with Crippen LogP contribution in [0.1, 0.15) is 6.42 Å². The van der Waals surface area contributed by atoms with Gasteiger partial charge >= 0.3 is 6.03 Å². The molecule has 1 fully saturated rings. The van der Waals surface area contributed by atoms with E-state index in [1.807, 2.05) is 6.26 Å². The van der Waals surface area contributed by atoms with Crippen molar-refractivity contribution >= 4 is 23.7 Å². The van der Waals surface area contributed by atoms with Crippen LogP contribution in [-0.4, -0.2) is 49.2 Å². The highest BCUT2D eigenvalue weighted by Gasteiger charge is 2.25. The first-order valence-corrected chi connectivity index (χ1v) is 6.46. The van der Waals surface area contributed by atoms with Gasteiger partial charge in [-0.25, -0.2) is 4.79 Å². The summed E-state index contributed by atoms with van der Waals surface area (Å²) < 4.78 is 4.95. The number of carbonyl (C=O) groups is 2. The maximum Gasteiger partial charge on any atom is 0.312 e. The Balaban J connectivity index is 2.38. The van der Waals surface area contributed by atoms with Gasteiger partial charge in [0.2, 0.25) is 5.91 Å². The lowest BCUT2D eigenvalue weighted by Crippen LogP contribution is -2.56. The van der Waals surface area contributed by atoms with Crippen LogP contribution in [0.25, 0.3) is 0 Å². The van der Waals surface area contributed by atoms with Gasteiger partial charge in [-0.2, -0.15) is 11.8 Å². The van der Waals surface area contributed by atoms with E-state index in [9.17, 15) is 9.59 Å². The van der Waals surface area contributed by atoms with Crippen molar-refractivity contribution < 1.29 is 14.3 Å². The molecular formula is C9H17N3O3S. The Morgan fingerprint density at radius 3 is 2.69 bits per heavy atom. The molecule has 6 nitrogen and oxygen atoms in total. The molecule has 0 aliphatic carbocycles. The second kappa shape index (κ2) is 6.59. The Kier molecular flexibility index (Phi) is 5.41. The molecule has 1 heterocycles. The molecule has 1 saturated heterocycles. The second-order valence-corrected chi connectivity index (χ2v) is 4.57. The Morgan fingerprint density at radius 1 is 1.56 bits per heavy atom. The van der Waals surface area contributed by atoms with Crippen LogP contribution in [0.15, 0.2) is 0 Å². The number of urea groups is 1. The van der Waals surface area contributed by atoms with Gasteiger partial charge in [-0.05, 0) is 18.4 Å². The molecule has 0 aromatic heterocycles. The summed E-state index contributed by atoms with van der Waals surface area (Å²) in [5.74, 6) is 0.598. The first-order chi connectivity index (χ1) is 7.63. The van der Waals surface area contributed by atoms with Crippen molar-refractivity contribution in [3.63, 3.8) is 0 Å². The summed E-state index contributed by atoms with van der Waals surface area (Å²) in [4.78, 5) is 22.5. The number of hydrogen-bond acceptors (Lipinski definition) is 4. The van der Waals surface area contributed by atoms with Crippen LogP contribution in [0.2, 0.25) is 0 Å². The smallest absolute Gasteiger partial charge is 0.312 e. The topological polar surface area (TPSA) is 93.5 Å². The SMILES string of the molecule is CSCCC(NC(N)=O)C(=O)NC1COC1. The van der Waals surface area contributed by atoms with E-state index in [1.54, 1.807) is 11.8 Å². The lowest BCUT2D eigenvalue weighted by Gasteiger charge is -2.28. The quantitative estimate of drug-likeness (QED) is 0.578. The fraction of sp³-hybridized carbons (Fsp3) is 0.778. The van der Waals surface area contributed by atoms with Crippen molar-refractivity contribution in [2.45, 2.75) is 18.5 Å². The fourth-order valence-electron chi connectivity index (χ4n) is 1.30. The van der Waals surface area contributed by atoms with E-state index in [0.717, 1.165) is 5.75 Å². The molecule has 7 heteroatoms. The van der Waals surface area contributed by atoms with Crippen LogP contribution in [-0.2, 0) is 9.53 Å². The Bertz CT molecular complexity index is 258. The van der Waals surface area contributed by atoms with Crippen molar-refractivity contribution in [3.8, 4) is 0 Å². The molecule has 1 rings (SSSR count). The van der Waals surface area contributed by atoms with Crippen LogP contribution >= 0.6 is 11.8 Å². The minimum Gasteiger partial charge on any atom is -0.377 e. The molecule has 0 bridgehead atoms. The molecule has 1 unspecified atom stereocenters. The van der Waals surface area contributed by atoms with Crippen LogP contribution < -0.4 is 16.4 Å². The molecular weight excluding hydrogens is 230 g/mol. The first kappa shape index (κ1) is 13.1. The normalized spacial score (nSPS) is 17.3. The number of nitrogens with two attached hydrogens (primary N) is 1. The number of ether oxygens (including phenoxy) is 1. The highest BCUT2D eigenvalue weighted by Crippen LogP contribution is 2.04. The summed E-state index contributed by atoms with van der Waals surface area (Å²) >= 11 is 1.62. The Morgan fingerprint density at radius 2 is 2.25 bits per heavy atom. The standard InChI is InChI=1S/C9H17N3O3S/c1-16-3-2-7(12-9(10)14)8(13)11-6-4-15-5-6/h6-7H,2-5H2,1H3,(H,11,13)(H3,10,12,14). The van der Waals surface area contributed by atoms with Gasteiger partial charge in [-0.3, -0.25) is 4.79 Å². The summed E-state index contributed by atoms with van der Waals surface area (Å²) in [5.41, 5.74) is 5.02. The van der Waals surface area contributed by atoms with Gasteiger partial charge in [0.05, 0.1) is 19.3 Å². The third-order valence-corrected chi connectivity index (χ3v) is 2.87. The molecule has 0 spiro atoms. The summed E-state index contributed by atoms with van der Waals surface area (Å²) in [6.45, 7) is 1.08. The maximum atomic E-state index is 11.7. The largest absolute Gasteiger partial charge is 0.377 e. The van der Waals surface area contributed by atoms with E-state index >= 15 is 0 Å². The number of hydrogen-bond donors (Lipinski definition) is 3. The number of nitrogens with one attached hydrogen (secondary N) is 2. The summed E-state index contributed by atoms with van der Waals surface area (Å²) in [7, 11) is 0. The maximum absolute atomic E-state index is 11.7. The molecule has 0 radical (unpaired) electrons. The minimum absolute atomic E-state index is 0.0685. The van der Waals surface area contributed by atoms with Crippen LogP contribution in [0.5, 0.6) is 0 Å². The highest BCUT2D eigenvalue weighted by molar-refractivity contribution is 7.98. The zero-order valence-electron chi connectivity index (χ0n) is 9.19. The summed E-state index contributed by atoms with van der Waals surface area (Å²) in [5, 5.41) is 5.23. The molecule has 1 aliphatic rings. The van der Waals surface area contributed by atoms with Crippen molar-refractivity contribution in [2.75, 3.05) is 25.2 Å². The molecule has 1 atom stereocenters. The van der Waals surface area contributed by atoms with E-state index in [-0.39, 0.29) is 11.9 Å². The summed E-state index contributed by atoms with van der Waals surface area (Å²) in [6.07, 6.45) is 2.52. The molecule has 0 aromatic carbocycles. The van der Waals surface area contributed by atoms with Gasteiger partial charge in [-0.15, -0.1) is 0 Å². The van der Waals surface area contributed by atoms with E-state index in [2.05, 4.69) is 10.6 Å². The Hall–Kier alpha value is -0.950. The number of primary amides is 1. The Labute approximate surface area is 98.7 Å². The molecule has 16 heavy (non-hydrogen) atoms. The lowest BCUT2D eigenvalue weighted by molar-refractivity contribution is -0.127. The van der Waals surface area contributed by atoms with E-state index in [4.69, 9.17) is 10.5 Å². The first-order valence-electron chi connectivity index (χ1n) is 5.06. The molecule has 92 valence electrons. The average Bonchev–Trinajstić information content (AvgIpc) is 2.17. The number of carbonyl (C=O) groups excluding carboxylic acids is 2. The number of thioether (sulfide) groups is 1. The van der Waals surface area contributed by atoms with Crippen molar-refractivity contribution in [3.05, 3.63) is 0 Å². The average molecular weight is 247 g/mol. The van der Waals surface area contributed by atoms with E-state index < -0.39 is 12.1 Å². The predicted molar refractivity (Wildman–Crippen MR) is 62.3 cm³/mol. The third-order valence-electron chi connectivity index (χ3n) is 2.23. The van der Waals surface area contributed by atoms with Gasteiger partial charge in [0, 0.05) is 0 Å². The van der Waals surface area contributed by atoms with Gasteiger partial charge in [0.15, 0.2) is 0 Å². The van der Waals surface area contributed by atoms with Crippen LogP contribution in [0, 0.1) is 0 Å². The number of rotatable bonds is 6. The molecule has 0 saturated carbocycles. The lowest BCUT2D eigenvalue weighted by atomic mass is 10.2. The number of amides is 3. The zero-order valence-corrected chi connectivity index (χ0v) is 10.0. The monoisotopic (exact) mass is 247 g/mol. The second-order valence-electron chi connectivity index (χ2n) is 3.59. The van der Waals surface area contributed by atoms with E-state index in [1.165, 1.54) is 0 Å². The molecule has 4 N–H and O–H groups in total. The minimum atomic E-state index is -0.675.